The van der Waals surface area contributed by atoms with E-state index in [0.29, 0.717) is 40.2 Å². The van der Waals surface area contributed by atoms with Crippen molar-refractivity contribution in [1.29, 1.82) is 0 Å². The molecule has 0 aliphatic rings. The highest BCUT2D eigenvalue weighted by Crippen LogP contribution is 2.30. The molecular formula is C24H22F2N4O2. The van der Waals surface area contributed by atoms with Gasteiger partial charge in [-0.25, -0.2) is 13.8 Å². The number of ether oxygens (including phenoxy) is 1. The van der Waals surface area contributed by atoms with E-state index in [1.807, 2.05) is 24.9 Å². The average molecular weight is 436 g/mol. The second-order valence-electron chi connectivity index (χ2n) is 7.45. The molecule has 0 saturated carbocycles. The first-order valence-corrected chi connectivity index (χ1v) is 10.1. The second-order valence-corrected chi connectivity index (χ2v) is 7.45. The average Bonchev–Trinajstić information content (AvgIpc) is 2.77. The predicted octanol–water partition coefficient (Wildman–Crippen LogP) is 4.32. The first kappa shape index (κ1) is 21.4. The van der Waals surface area contributed by atoms with Crippen LogP contribution in [0.1, 0.15) is 18.3 Å². The number of aromatic amines is 1. The van der Waals surface area contributed by atoms with E-state index in [2.05, 4.69) is 15.0 Å². The fraction of sp³-hybridized carbons (Fsp3) is 0.208. The maximum absolute atomic E-state index is 13.5. The number of fused-ring (bicyclic) bond motifs is 1. The molecule has 2 heterocycles. The van der Waals surface area contributed by atoms with Crippen molar-refractivity contribution in [3.63, 3.8) is 0 Å². The van der Waals surface area contributed by atoms with Gasteiger partial charge in [0.2, 0.25) is 0 Å². The molecular weight excluding hydrogens is 414 g/mol. The van der Waals surface area contributed by atoms with Crippen molar-refractivity contribution >= 4 is 16.6 Å². The van der Waals surface area contributed by atoms with E-state index in [1.165, 1.54) is 12.1 Å². The molecule has 32 heavy (non-hydrogen) atoms. The van der Waals surface area contributed by atoms with Gasteiger partial charge in [0.05, 0.1) is 29.4 Å². The van der Waals surface area contributed by atoms with Gasteiger partial charge in [-0.05, 0) is 42.8 Å². The number of rotatable bonds is 6. The smallest absolute Gasteiger partial charge is 0.258 e. The number of halogens is 2. The van der Waals surface area contributed by atoms with Gasteiger partial charge >= 0.3 is 0 Å². The zero-order chi connectivity index (χ0) is 22.8. The van der Waals surface area contributed by atoms with Crippen LogP contribution in [-0.4, -0.2) is 35.7 Å². The molecule has 0 unspecified atom stereocenters. The number of aromatic nitrogens is 3. The summed E-state index contributed by atoms with van der Waals surface area (Å²) < 4.78 is 32.4. The van der Waals surface area contributed by atoms with Gasteiger partial charge in [-0.3, -0.25) is 9.78 Å². The maximum Gasteiger partial charge on any atom is 0.258 e. The molecule has 0 atom stereocenters. The largest absolute Gasteiger partial charge is 0.495 e. The van der Waals surface area contributed by atoms with Crippen LogP contribution in [0.25, 0.3) is 22.2 Å². The van der Waals surface area contributed by atoms with Gasteiger partial charge in [-0.15, -0.1) is 0 Å². The lowest BCUT2D eigenvalue weighted by Crippen LogP contribution is -2.18. The molecule has 4 rings (SSSR count). The van der Waals surface area contributed by atoms with Gasteiger partial charge in [-0.2, -0.15) is 0 Å². The highest BCUT2D eigenvalue weighted by Gasteiger charge is 2.13. The van der Waals surface area contributed by atoms with Crippen molar-refractivity contribution in [3.8, 4) is 17.0 Å². The summed E-state index contributed by atoms with van der Waals surface area (Å²) in [5.41, 5.74) is 2.76. The molecule has 0 saturated heterocycles. The van der Waals surface area contributed by atoms with E-state index >= 15 is 0 Å². The quantitative estimate of drug-likeness (QED) is 0.488. The first-order valence-electron chi connectivity index (χ1n) is 10.1. The molecule has 0 spiro atoms. The van der Waals surface area contributed by atoms with Crippen LogP contribution in [0.15, 0.2) is 53.5 Å². The number of H-pyrrole nitrogens is 1. The fourth-order valence-corrected chi connectivity index (χ4v) is 3.51. The van der Waals surface area contributed by atoms with E-state index in [-0.39, 0.29) is 5.56 Å². The van der Waals surface area contributed by atoms with Gasteiger partial charge < -0.3 is 14.6 Å². The first-order chi connectivity index (χ1) is 15.4. The van der Waals surface area contributed by atoms with Crippen molar-refractivity contribution in [1.82, 2.24) is 15.0 Å². The summed E-state index contributed by atoms with van der Waals surface area (Å²) in [6, 6.07) is 10.3. The monoisotopic (exact) mass is 436 g/mol. The topological polar surface area (TPSA) is 71.1 Å². The molecule has 164 valence electrons. The number of hydrogen-bond acceptors (Lipinski definition) is 5. The third-order valence-corrected chi connectivity index (χ3v) is 5.30. The highest BCUT2D eigenvalue weighted by molar-refractivity contribution is 5.85. The number of pyridine rings is 1. The molecule has 0 aliphatic heterocycles. The Balaban J connectivity index is 1.66. The predicted molar refractivity (Wildman–Crippen MR) is 120 cm³/mol. The minimum absolute atomic E-state index is 0.256. The number of methoxy groups -OCH3 is 1. The lowest BCUT2D eigenvalue weighted by atomic mass is 10.1. The molecule has 4 aromatic rings. The zero-order valence-corrected chi connectivity index (χ0v) is 17.9. The Morgan fingerprint density at radius 1 is 1.09 bits per heavy atom. The van der Waals surface area contributed by atoms with Crippen LogP contribution < -0.4 is 15.2 Å². The van der Waals surface area contributed by atoms with Crippen molar-refractivity contribution in [2.24, 2.45) is 0 Å². The number of anilines is 1. The van der Waals surface area contributed by atoms with Gasteiger partial charge in [0, 0.05) is 37.8 Å². The Kier molecular flexibility index (Phi) is 5.85. The molecule has 2 aromatic heterocycles. The fourth-order valence-electron chi connectivity index (χ4n) is 3.51. The van der Waals surface area contributed by atoms with Gasteiger partial charge in [-0.1, -0.05) is 6.07 Å². The summed E-state index contributed by atoms with van der Waals surface area (Å²) in [6.45, 7) is 2.79. The summed E-state index contributed by atoms with van der Waals surface area (Å²) >= 11 is 0. The van der Waals surface area contributed by atoms with Crippen LogP contribution in [0.3, 0.4) is 0 Å². The molecule has 0 bridgehead atoms. The van der Waals surface area contributed by atoms with Crippen LogP contribution in [0.4, 0.5) is 14.5 Å². The van der Waals surface area contributed by atoms with Crippen molar-refractivity contribution in [3.05, 3.63) is 82.0 Å². The van der Waals surface area contributed by atoms with E-state index in [4.69, 9.17) is 4.74 Å². The van der Waals surface area contributed by atoms with Crippen LogP contribution in [-0.2, 0) is 6.42 Å². The molecule has 1 N–H and O–H groups in total. The summed E-state index contributed by atoms with van der Waals surface area (Å²) in [5, 5.41) is 0.445. The van der Waals surface area contributed by atoms with Gasteiger partial charge in [0.15, 0.2) is 0 Å². The molecule has 6 nitrogen and oxygen atoms in total. The second kappa shape index (κ2) is 8.74. The number of nitrogens with one attached hydrogen (secondary N) is 1. The number of nitrogens with zero attached hydrogens (tertiary/aromatic N) is 3. The van der Waals surface area contributed by atoms with Gasteiger partial charge in [0.1, 0.15) is 23.2 Å². The standard InChI is InChI=1S/C24H22F2N4O2/c1-4-30(2)21-12-20-18(11-22(21)32-3)24(31)29-23(28-20)7-14-5-6-19(27-13-14)15-8-16(25)10-17(26)9-15/h5-6,8-13H,4,7H2,1-3H3,(H,28,29,31). The zero-order valence-electron chi connectivity index (χ0n) is 17.9. The van der Waals surface area contributed by atoms with Crippen LogP contribution in [0, 0.1) is 11.6 Å². The van der Waals surface area contributed by atoms with Crippen LogP contribution in [0.2, 0.25) is 0 Å². The Morgan fingerprint density at radius 3 is 2.47 bits per heavy atom. The highest BCUT2D eigenvalue weighted by atomic mass is 19.1. The normalized spacial score (nSPS) is 11.0. The molecule has 0 radical (unpaired) electrons. The third kappa shape index (κ3) is 4.30. The summed E-state index contributed by atoms with van der Waals surface area (Å²) in [5.74, 6) is -0.221. The van der Waals surface area contributed by atoms with E-state index < -0.39 is 11.6 Å². The summed E-state index contributed by atoms with van der Waals surface area (Å²) in [6.07, 6.45) is 1.95. The lowest BCUT2D eigenvalue weighted by Gasteiger charge is -2.20. The Hall–Kier alpha value is -3.81. The Labute approximate surface area is 183 Å². The van der Waals surface area contributed by atoms with Crippen molar-refractivity contribution < 1.29 is 13.5 Å². The minimum atomic E-state index is -0.659. The SMILES string of the molecule is CCN(C)c1cc2nc(Cc3ccc(-c4cc(F)cc(F)c4)nc3)[nH]c(=O)c2cc1OC. The van der Waals surface area contributed by atoms with E-state index in [9.17, 15) is 13.6 Å². The van der Waals surface area contributed by atoms with Gasteiger partial charge in [0.25, 0.3) is 5.56 Å². The molecule has 8 heteroatoms. The van der Waals surface area contributed by atoms with E-state index in [0.717, 1.165) is 23.9 Å². The maximum atomic E-state index is 13.5. The number of hydrogen-bond donors (Lipinski definition) is 1. The van der Waals surface area contributed by atoms with Crippen molar-refractivity contribution in [2.45, 2.75) is 13.3 Å². The van der Waals surface area contributed by atoms with Crippen molar-refractivity contribution in [2.75, 3.05) is 25.6 Å². The van der Waals surface area contributed by atoms with Crippen LogP contribution in [0.5, 0.6) is 5.75 Å². The molecule has 0 aliphatic carbocycles. The molecule has 0 amide bonds. The van der Waals surface area contributed by atoms with E-state index in [1.54, 1.807) is 31.5 Å². The number of benzene rings is 2. The molecule has 0 fully saturated rings. The Morgan fingerprint density at radius 2 is 1.84 bits per heavy atom. The Bertz CT molecular complexity index is 1320. The lowest BCUT2D eigenvalue weighted by molar-refractivity contribution is 0.415. The minimum Gasteiger partial charge on any atom is -0.495 e. The molecule has 2 aromatic carbocycles. The summed E-state index contributed by atoms with van der Waals surface area (Å²) in [4.78, 5) is 26.4. The summed E-state index contributed by atoms with van der Waals surface area (Å²) in [7, 11) is 3.51. The van der Waals surface area contributed by atoms with Crippen LogP contribution >= 0.6 is 0 Å². The third-order valence-electron chi connectivity index (χ3n) is 5.30.